The number of hydrogen-bond donors (Lipinski definition) is 1. The van der Waals surface area contributed by atoms with Crippen molar-refractivity contribution in [3.8, 4) is 0 Å². The van der Waals surface area contributed by atoms with Crippen molar-refractivity contribution in [2.75, 3.05) is 5.32 Å². The van der Waals surface area contributed by atoms with Gasteiger partial charge in [0.15, 0.2) is 0 Å². The number of nitrogens with zero attached hydrogens (tertiary/aromatic N) is 2. The molecule has 0 amide bonds. The van der Waals surface area contributed by atoms with Gasteiger partial charge in [0.25, 0.3) is 5.56 Å². The molecule has 2 rings (SSSR count). The summed E-state index contributed by atoms with van der Waals surface area (Å²) < 4.78 is 1.81. The first-order valence-corrected chi connectivity index (χ1v) is 6.83. The molecule has 0 spiro atoms. The largest absolute Gasteiger partial charge is 0.376 e. The molecule has 1 atom stereocenters. The van der Waals surface area contributed by atoms with Gasteiger partial charge in [-0.1, -0.05) is 0 Å². The van der Waals surface area contributed by atoms with Gasteiger partial charge in [-0.2, -0.15) is 16.4 Å². The van der Waals surface area contributed by atoms with Crippen LogP contribution >= 0.6 is 27.3 Å². The second-order valence-electron chi connectivity index (χ2n) is 3.72. The molecule has 0 aliphatic carbocycles. The number of nitrogens with one attached hydrogen (secondary N) is 1. The third kappa shape index (κ3) is 2.58. The summed E-state index contributed by atoms with van der Waals surface area (Å²) in [6, 6.07) is 2.21. The van der Waals surface area contributed by atoms with Crippen molar-refractivity contribution < 1.29 is 0 Å². The Hall–Kier alpha value is -1.14. The van der Waals surface area contributed by atoms with E-state index in [2.05, 4.69) is 37.8 Å². The third-order valence-electron chi connectivity index (χ3n) is 2.49. The SMILES string of the molecule is CC(Nc1cnn(C)c(=O)c1Br)c1ccsc1. The van der Waals surface area contributed by atoms with E-state index >= 15 is 0 Å². The van der Waals surface area contributed by atoms with E-state index in [1.54, 1.807) is 24.6 Å². The molecule has 17 heavy (non-hydrogen) atoms. The lowest BCUT2D eigenvalue weighted by molar-refractivity contribution is 0.701. The second kappa shape index (κ2) is 5.01. The summed E-state index contributed by atoms with van der Waals surface area (Å²) >= 11 is 4.94. The highest BCUT2D eigenvalue weighted by atomic mass is 79.9. The molecule has 0 fully saturated rings. The van der Waals surface area contributed by atoms with Crippen LogP contribution < -0.4 is 10.9 Å². The monoisotopic (exact) mass is 313 g/mol. The van der Waals surface area contributed by atoms with Crippen LogP contribution in [0.15, 0.2) is 32.3 Å². The molecule has 0 saturated heterocycles. The Bertz CT molecular complexity index is 565. The Morgan fingerprint density at radius 3 is 3.00 bits per heavy atom. The van der Waals surface area contributed by atoms with Crippen molar-refractivity contribution in [3.05, 3.63) is 43.4 Å². The zero-order chi connectivity index (χ0) is 12.4. The van der Waals surface area contributed by atoms with E-state index in [9.17, 15) is 4.79 Å². The lowest BCUT2D eigenvalue weighted by Gasteiger charge is -2.15. The topological polar surface area (TPSA) is 46.9 Å². The van der Waals surface area contributed by atoms with E-state index in [-0.39, 0.29) is 11.6 Å². The highest BCUT2D eigenvalue weighted by molar-refractivity contribution is 9.10. The fourth-order valence-corrected chi connectivity index (χ4v) is 2.68. The average Bonchev–Trinajstić information content (AvgIpc) is 2.83. The van der Waals surface area contributed by atoms with Crippen LogP contribution in [-0.2, 0) is 7.05 Å². The van der Waals surface area contributed by atoms with Crippen molar-refractivity contribution >= 4 is 33.0 Å². The van der Waals surface area contributed by atoms with Gasteiger partial charge < -0.3 is 5.32 Å². The molecular weight excluding hydrogens is 302 g/mol. The molecule has 1 N–H and O–H groups in total. The molecular formula is C11H12BrN3OS. The summed E-state index contributed by atoms with van der Waals surface area (Å²) in [6.07, 6.45) is 1.65. The molecule has 0 radical (unpaired) electrons. The predicted octanol–water partition coefficient (Wildman–Crippen LogP) is 2.78. The van der Waals surface area contributed by atoms with E-state index in [0.717, 1.165) is 0 Å². The third-order valence-corrected chi connectivity index (χ3v) is 3.96. The minimum absolute atomic E-state index is 0.145. The Kier molecular flexibility index (Phi) is 3.63. The number of halogens is 1. The molecule has 0 aliphatic heterocycles. The van der Waals surface area contributed by atoms with E-state index in [1.807, 2.05) is 12.3 Å². The van der Waals surface area contributed by atoms with Crippen LogP contribution in [-0.4, -0.2) is 9.78 Å². The molecule has 90 valence electrons. The second-order valence-corrected chi connectivity index (χ2v) is 5.30. The molecule has 2 aromatic rings. The summed E-state index contributed by atoms with van der Waals surface area (Å²) in [7, 11) is 1.62. The normalized spacial score (nSPS) is 12.4. The van der Waals surface area contributed by atoms with Gasteiger partial charge in [-0.15, -0.1) is 0 Å². The van der Waals surface area contributed by atoms with Crippen molar-refractivity contribution in [2.45, 2.75) is 13.0 Å². The Labute approximate surface area is 111 Å². The van der Waals surface area contributed by atoms with Crippen molar-refractivity contribution in [1.82, 2.24) is 9.78 Å². The quantitative estimate of drug-likeness (QED) is 0.947. The van der Waals surface area contributed by atoms with Crippen LogP contribution in [0.5, 0.6) is 0 Å². The molecule has 0 saturated carbocycles. The summed E-state index contributed by atoms with van der Waals surface area (Å²) in [5, 5.41) is 11.4. The minimum Gasteiger partial charge on any atom is -0.376 e. The van der Waals surface area contributed by atoms with Gasteiger partial charge in [0.2, 0.25) is 0 Å². The van der Waals surface area contributed by atoms with Gasteiger partial charge in [0, 0.05) is 13.1 Å². The lowest BCUT2D eigenvalue weighted by Crippen LogP contribution is -2.21. The zero-order valence-corrected chi connectivity index (χ0v) is 11.9. The predicted molar refractivity (Wildman–Crippen MR) is 73.5 cm³/mol. The summed E-state index contributed by atoms with van der Waals surface area (Å²) in [6.45, 7) is 2.05. The van der Waals surface area contributed by atoms with Crippen LogP contribution in [0, 0.1) is 0 Å². The Morgan fingerprint density at radius 1 is 1.59 bits per heavy atom. The molecule has 0 aliphatic rings. The summed E-state index contributed by atoms with van der Waals surface area (Å²) in [4.78, 5) is 11.7. The molecule has 0 bridgehead atoms. The van der Waals surface area contributed by atoms with Gasteiger partial charge in [-0.3, -0.25) is 4.79 Å². The summed E-state index contributed by atoms with van der Waals surface area (Å²) in [5.41, 5.74) is 1.77. The first-order chi connectivity index (χ1) is 8.09. The van der Waals surface area contributed by atoms with Crippen LogP contribution in [0.1, 0.15) is 18.5 Å². The standard InChI is InChI=1S/C11H12BrN3OS/c1-7(8-3-4-17-6-8)14-9-5-13-15(2)11(16)10(9)12/h3-7,14H,1-2H3. The molecule has 0 aromatic carbocycles. The molecule has 6 heteroatoms. The van der Waals surface area contributed by atoms with E-state index in [4.69, 9.17) is 0 Å². The maximum Gasteiger partial charge on any atom is 0.282 e. The number of hydrogen-bond acceptors (Lipinski definition) is 4. The average molecular weight is 314 g/mol. The molecule has 1 unspecified atom stereocenters. The first-order valence-electron chi connectivity index (χ1n) is 5.10. The van der Waals surface area contributed by atoms with E-state index in [1.165, 1.54) is 10.2 Å². The number of anilines is 1. The Morgan fingerprint density at radius 2 is 2.35 bits per heavy atom. The first kappa shape index (κ1) is 12.3. The van der Waals surface area contributed by atoms with Crippen LogP contribution in [0.25, 0.3) is 0 Å². The summed E-state index contributed by atoms with van der Waals surface area (Å²) in [5.74, 6) is 0. The Balaban J connectivity index is 2.25. The lowest BCUT2D eigenvalue weighted by atomic mass is 10.2. The maximum absolute atomic E-state index is 11.7. The van der Waals surface area contributed by atoms with E-state index < -0.39 is 0 Å². The van der Waals surface area contributed by atoms with Gasteiger partial charge in [0.05, 0.1) is 11.9 Å². The highest BCUT2D eigenvalue weighted by Gasteiger charge is 2.11. The van der Waals surface area contributed by atoms with E-state index in [0.29, 0.717) is 10.2 Å². The smallest absolute Gasteiger partial charge is 0.282 e. The number of aryl methyl sites for hydroxylation is 1. The molecule has 2 aromatic heterocycles. The molecule has 2 heterocycles. The van der Waals surface area contributed by atoms with Gasteiger partial charge in [0.1, 0.15) is 4.47 Å². The number of rotatable bonds is 3. The fraction of sp³-hybridized carbons (Fsp3) is 0.273. The number of thiophene rings is 1. The van der Waals surface area contributed by atoms with Gasteiger partial charge in [-0.05, 0) is 45.2 Å². The van der Waals surface area contributed by atoms with Crippen LogP contribution in [0.4, 0.5) is 5.69 Å². The van der Waals surface area contributed by atoms with Gasteiger partial charge in [-0.25, -0.2) is 4.68 Å². The van der Waals surface area contributed by atoms with Crippen molar-refractivity contribution in [1.29, 1.82) is 0 Å². The van der Waals surface area contributed by atoms with Crippen molar-refractivity contribution in [3.63, 3.8) is 0 Å². The fourth-order valence-electron chi connectivity index (χ4n) is 1.45. The highest BCUT2D eigenvalue weighted by Crippen LogP contribution is 2.24. The zero-order valence-electron chi connectivity index (χ0n) is 9.48. The van der Waals surface area contributed by atoms with Gasteiger partial charge >= 0.3 is 0 Å². The minimum atomic E-state index is -0.146. The maximum atomic E-state index is 11.7. The van der Waals surface area contributed by atoms with Crippen LogP contribution in [0.3, 0.4) is 0 Å². The number of aromatic nitrogens is 2. The van der Waals surface area contributed by atoms with Crippen LogP contribution in [0.2, 0.25) is 0 Å². The van der Waals surface area contributed by atoms with Crippen molar-refractivity contribution in [2.24, 2.45) is 7.05 Å². The molecule has 4 nitrogen and oxygen atoms in total.